The Bertz CT molecular complexity index is 876. The fraction of sp³-hybridized carbons (Fsp3) is 0.316. The van der Waals surface area contributed by atoms with Gasteiger partial charge >= 0.3 is 0 Å². The molecule has 0 radical (unpaired) electrons. The molecule has 0 amide bonds. The predicted molar refractivity (Wildman–Crippen MR) is 94.3 cm³/mol. The van der Waals surface area contributed by atoms with Gasteiger partial charge in [-0.2, -0.15) is 0 Å². The number of rotatable bonds is 3. The number of piperidine rings is 1. The third-order valence-corrected chi connectivity index (χ3v) is 4.50. The van der Waals surface area contributed by atoms with Gasteiger partial charge in [-0.05, 0) is 37.3 Å². The van der Waals surface area contributed by atoms with Crippen LogP contribution in [-0.2, 0) is 0 Å². The number of benzene rings is 1. The lowest BCUT2D eigenvalue weighted by Gasteiger charge is -2.33. The second kappa shape index (κ2) is 6.63. The zero-order valence-electron chi connectivity index (χ0n) is 14.0. The summed E-state index contributed by atoms with van der Waals surface area (Å²) in [4.78, 5) is 15.0. The first kappa shape index (κ1) is 15.7. The summed E-state index contributed by atoms with van der Waals surface area (Å²) in [6, 6.07) is 8.53. The SMILES string of the molecule is Cc1ccc(OC2CCN(c3ncnc4ccc(F)cc34)CC2)cn1. The highest BCUT2D eigenvalue weighted by molar-refractivity contribution is 5.89. The van der Waals surface area contributed by atoms with Gasteiger partial charge in [0.25, 0.3) is 0 Å². The average molecular weight is 338 g/mol. The first-order valence-corrected chi connectivity index (χ1v) is 8.43. The standard InChI is InChI=1S/C19H19FN4O/c1-13-2-4-16(11-21-13)25-15-6-8-24(9-7-15)19-17-10-14(20)3-5-18(17)22-12-23-19/h2-5,10-12,15H,6-9H2,1H3. The molecule has 0 aliphatic carbocycles. The second-order valence-corrected chi connectivity index (χ2v) is 6.30. The number of nitrogens with zero attached hydrogens (tertiary/aromatic N) is 4. The number of hydrogen-bond donors (Lipinski definition) is 0. The van der Waals surface area contributed by atoms with Crippen LogP contribution < -0.4 is 9.64 Å². The smallest absolute Gasteiger partial charge is 0.139 e. The van der Waals surface area contributed by atoms with Crippen molar-refractivity contribution < 1.29 is 9.13 Å². The van der Waals surface area contributed by atoms with Crippen LogP contribution in [0.5, 0.6) is 5.75 Å². The minimum Gasteiger partial charge on any atom is -0.489 e. The average Bonchev–Trinajstić information content (AvgIpc) is 2.64. The van der Waals surface area contributed by atoms with Crippen LogP contribution in [0.4, 0.5) is 10.2 Å². The van der Waals surface area contributed by atoms with Gasteiger partial charge in [-0.1, -0.05) is 0 Å². The fourth-order valence-electron chi connectivity index (χ4n) is 3.17. The van der Waals surface area contributed by atoms with E-state index in [1.807, 2.05) is 19.1 Å². The van der Waals surface area contributed by atoms with Gasteiger partial charge in [0.05, 0.1) is 11.7 Å². The lowest BCUT2D eigenvalue weighted by Crippen LogP contribution is -2.38. The molecule has 3 heterocycles. The maximum atomic E-state index is 13.6. The van der Waals surface area contributed by atoms with Crippen molar-refractivity contribution in [3.05, 3.63) is 54.4 Å². The van der Waals surface area contributed by atoms with Crippen LogP contribution in [0.2, 0.25) is 0 Å². The number of anilines is 1. The monoisotopic (exact) mass is 338 g/mol. The third kappa shape index (κ3) is 3.38. The van der Waals surface area contributed by atoms with Crippen LogP contribution in [0.3, 0.4) is 0 Å². The van der Waals surface area contributed by atoms with Gasteiger partial charge in [-0.15, -0.1) is 0 Å². The molecule has 1 aromatic carbocycles. The molecule has 6 heteroatoms. The largest absolute Gasteiger partial charge is 0.489 e. The molecule has 1 fully saturated rings. The first-order chi connectivity index (χ1) is 12.2. The van der Waals surface area contributed by atoms with Crippen LogP contribution in [0.15, 0.2) is 42.9 Å². The zero-order valence-corrected chi connectivity index (χ0v) is 14.0. The minimum atomic E-state index is -0.270. The molecule has 0 bridgehead atoms. The molecule has 3 aromatic rings. The molecule has 25 heavy (non-hydrogen) atoms. The Morgan fingerprint density at radius 1 is 1.08 bits per heavy atom. The van der Waals surface area contributed by atoms with E-state index in [1.165, 1.54) is 18.5 Å². The van der Waals surface area contributed by atoms with Crippen molar-refractivity contribution in [3.8, 4) is 5.75 Å². The highest BCUT2D eigenvalue weighted by atomic mass is 19.1. The lowest BCUT2D eigenvalue weighted by atomic mass is 10.1. The third-order valence-electron chi connectivity index (χ3n) is 4.50. The number of ether oxygens (including phenoxy) is 1. The Hall–Kier alpha value is -2.76. The van der Waals surface area contributed by atoms with Crippen LogP contribution in [0.25, 0.3) is 10.9 Å². The van der Waals surface area contributed by atoms with E-state index in [0.29, 0.717) is 0 Å². The van der Waals surface area contributed by atoms with E-state index >= 15 is 0 Å². The fourth-order valence-corrected chi connectivity index (χ4v) is 3.17. The van der Waals surface area contributed by atoms with Crippen molar-refractivity contribution in [2.75, 3.05) is 18.0 Å². The Morgan fingerprint density at radius 3 is 2.68 bits per heavy atom. The predicted octanol–water partition coefficient (Wildman–Crippen LogP) is 3.52. The summed E-state index contributed by atoms with van der Waals surface area (Å²) >= 11 is 0. The molecule has 1 aliphatic rings. The summed E-state index contributed by atoms with van der Waals surface area (Å²) in [7, 11) is 0. The quantitative estimate of drug-likeness (QED) is 0.731. The highest BCUT2D eigenvalue weighted by Gasteiger charge is 2.23. The molecule has 128 valence electrons. The van der Waals surface area contributed by atoms with Crippen LogP contribution >= 0.6 is 0 Å². The maximum Gasteiger partial charge on any atom is 0.139 e. The molecular weight excluding hydrogens is 319 g/mol. The van der Waals surface area contributed by atoms with Gasteiger partial charge in [0.1, 0.15) is 29.8 Å². The summed E-state index contributed by atoms with van der Waals surface area (Å²) in [5, 5.41) is 0.754. The first-order valence-electron chi connectivity index (χ1n) is 8.43. The number of fused-ring (bicyclic) bond motifs is 1. The number of aryl methyl sites for hydroxylation is 1. The van der Waals surface area contributed by atoms with E-state index in [2.05, 4.69) is 19.9 Å². The van der Waals surface area contributed by atoms with Gasteiger partial charge in [0, 0.05) is 37.0 Å². The number of hydrogen-bond acceptors (Lipinski definition) is 5. The van der Waals surface area contributed by atoms with E-state index < -0.39 is 0 Å². The number of aromatic nitrogens is 3. The molecule has 0 spiro atoms. The molecule has 2 aromatic heterocycles. The molecule has 0 atom stereocenters. The minimum absolute atomic E-state index is 0.158. The summed E-state index contributed by atoms with van der Waals surface area (Å²) in [5.74, 6) is 1.33. The van der Waals surface area contributed by atoms with E-state index in [0.717, 1.165) is 54.1 Å². The topological polar surface area (TPSA) is 51.1 Å². The van der Waals surface area contributed by atoms with Gasteiger partial charge < -0.3 is 9.64 Å². The molecule has 0 N–H and O–H groups in total. The summed E-state index contributed by atoms with van der Waals surface area (Å²) in [6.07, 6.45) is 5.23. The molecule has 4 rings (SSSR count). The summed E-state index contributed by atoms with van der Waals surface area (Å²) < 4.78 is 19.6. The Kier molecular flexibility index (Phi) is 4.17. The second-order valence-electron chi connectivity index (χ2n) is 6.30. The van der Waals surface area contributed by atoms with Crippen molar-refractivity contribution in [2.24, 2.45) is 0 Å². The lowest BCUT2D eigenvalue weighted by molar-refractivity contribution is 0.170. The van der Waals surface area contributed by atoms with Gasteiger partial charge in [-0.3, -0.25) is 4.98 Å². The number of pyridine rings is 1. The molecule has 1 saturated heterocycles. The number of halogens is 1. The van der Waals surface area contributed by atoms with Crippen molar-refractivity contribution in [1.82, 2.24) is 15.0 Å². The van der Waals surface area contributed by atoms with E-state index in [-0.39, 0.29) is 11.9 Å². The van der Waals surface area contributed by atoms with Crippen molar-refractivity contribution >= 4 is 16.7 Å². The van der Waals surface area contributed by atoms with Crippen molar-refractivity contribution in [2.45, 2.75) is 25.9 Å². The van der Waals surface area contributed by atoms with Gasteiger partial charge in [0.2, 0.25) is 0 Å². The molecule has 0 saturated carbocycles. The Morgan fingerprint density at radius 2 is 1.92 bits per heavy atom. The molecular formula is C19H19FN4O. The van der Waals surface area contributed by atoms with Gasteiger partial charge in [0.15, 0.2) is 0 Å². The molecule has 1 aliphatic heterocycles. The normalized spacial score (nSPS) is 15.5. The molecule has 0 unspecified atom stereocenters. The Balaban J connectivity index is 1.47. The van der Waals surface area contributed by atoms with Crippen LogP contribution in [0.1, 0.15) is 18.5 Å². The maximum absolute atomic E-state index is 13.6. The van der Waals surface area contributed by atoms with E-state index in [4.69, 9.17) is 4.74 Å². The van der Waals surface area contributed by atoms with Crippen molar-refractivity contribution in [1.29, 1.82) is 0 Å². The van der Waals surface area contributed by atoms with E-state index in [9.17, 15) is 4.39 Å². The van der Waals surface area contributed by atoms with Crippen LogP contribution in [-0.4, -0.2) is 34.1 Å². The molecule has 5 nitrogen and oxygen atoms in total. The van der Waals surface area contributed by atoms with Gasteiger partial charge in [-0.25, -0.2) is 14.4 Å². The van der Waals surface area contributed by atoms with Crippen molar-refractivity contribution in [3.63, 3.8) is 0 Å². The van der Waals surface area contributed by atoms with E-state index in [1.54, 1.807) is 12.3 Å². The summed E-state index contributed by atoms with van der Waals surface area (Å²) in [5.41, 5.74) is 1.74. The summed E-state index contributed by atoms with van der Waals surface area (Å²) in [6.45, 7) is 3.58. The Labute approximate surface area is 145 Å². The highest BCUT2D eigenvalue weighted by Crippen LogP contribution is 2.27. The zero-order chi connectivity index (χ0) is 17.2. The van der Waals surface area contributed by atoms with Crippen LogP contribution in [0, 0.1) is 12.7 Å².